The van der Waals surface area contributed by atoms with Crippen LogP contribution >= 0.6 is 11.6 Å². The number of aromatic nitrogens is 2. The van der Waals surface area contributed by atoms with E-state index in [-0.39, 0.29) is 11.5 Å². The van der Waals surface area contributed by atoms with Gasteiger partial charge in [-0.3, -0.25) is 14.2 Å². The molecule has 3 aromatic rings. The fraction of sp³-hybridized carbons (Fsp3) is 0.150. The lowest BCUT2D eigenvalue weighted by atomic mass is 10.1. The first-order chi connectivity index (χ1) is 13.3. The number of nitrogens with one attached hydrogen (secondary N) is 1. The number of halogens is 3. The number of benzene rings is 2. The monoisotopic (exact) mass is 403 g/mol. The smallest absolute Gasteiger partial charge is 0.257 e. The average molecular weight is 404 g/mol. The van der Waals surface area contributed by atoms with Crippen molar-refractivity contribution in [1.29, 1.82) is 0 Å². The van der Waals surface area contributed by atoms with E-state index < -0.39 is 29.6 Å². The third kappa shape index (κ3) is 4.09. The van der Waals surface area contributed by atoms with E-state index in [0.717, 1.165) is 18.2 Å². The highest BCUT2D eigenvalue weighted by molar-refractivity contribution is 6.30. The number of amides is 1. The highest BCUT2D eigenvalue weighted by atomic mass is 35.5. The quantitative estimate of drug-likeness (QED) is 0.713. The molecule has 1 amide bonds. The molecule has 0 unspecified atom stereocenters. The van der Waals surface area contributed by atoms with Gasteiger partial charge in [-0.1, -0.05) is 23.7 Å². The first kappa shape index (κ1) is 19.7. The van der Waals surface area contributed by atoms with Crippen LogP contribution in [0.1, 0.15) is 11.3 Å². The molecule has 2 aromatic carbocycles. The van der Waals surface area contributed by atoms with Gasteiger partial charge in [0.15, 0.2) is 0 Å². The van der Waals surface area contributed by atoms with Crippen molar-refractivity contribution < 1.29 is 13.6 Å². The number of hydrogen-bond acceptors (Lipinski definition) is 3. The second-order valence-corrected chi connectivity index (χ2v) is 6.66. The molecule has 0 aliphatic rings. The molecule has 1 N–H and O–H groups in total. The summed E-state index contributed by atoms with van der Waals surface area (Å²) in [4.78, 5) is 29.6. The van der Waals surface area contributed by atoms with Crippen molar-refractivity contribution in [3.63, 3.8) is 0 Å². The van der Waals surface area contributed by atoms with Crippen LogP contribution in [0.2, 0.25) is 5.02 Å². The van der Waals surface area contributed by atoms with Crippen LogP contribution < -0.4 is 10.9 Å². The molecule has 28 heavy (non-hydrogen) atoms. The Morgan fingerprint density at radius 3 is 2.64 bits per heavy atom. The zero-order chi connectivity index (χ0) is 20.4. The predicted octanol–water partition coefficient (Wildman–Crippen LogP) is 4.10. The Morgan fingerprint density at radius 1 is 1.18 bits per heavy atom. The van der Waals surface area contributed by atoms with Crippen LogP contribution in [0, 0.1) is 25.5 Å². The number of nitrogens with zero attached hydrogens (tertiary/aromatic N) is 2. The molecule has 3 rings (SSSR count). The number of aryl methyl sites for hydroxylation is 1. The Balaban J connectivity index is 2.01. The summed E-state index contributed by atoms with van der Waals surface area (Å²) < 4.78 is 28.3. The summed E-state index contributed by atoms with van der Waals surface area (Å²) in [7, 11) is 0. The molecule has 5 nitrogen and oxygen atoms in total. The second kappa shape index (κ2) is 7.90. The van der Waals surface area contributed by atoms with E-state index in [1.807, 2.05) is 0 Å². The number of anilines is 1. The van der Waals surface area contributed by atoms with Crippen LogP contribution in [0.25, 0.3) is 11.4 Å². The van der Waals surface area contributed by atoms with E-state index in [1.54, 1.807) is 38.1 Å². The lowest BCUT2D eigenvalue weighted by molar-refractivity contribution is -0.116. The Hall–Kier alpha value is -3.06. The van der Waals surface area contributed by atoms with Gasteiger partial charge in [0.2, 0.25) is 5.91 Å². The molecule has 0 saturated heterocycles. The van der Waals surface area contributed by atoms with Gasteiger partial charge in [0, 0.05) is 27.9 Å². The fourth-order valence-electron chi connectivity index (χ4n) is 2.68. The zero-order valence-corrected chi connectivity index (χ0v) is 15.8. The van der Waals surface area contributed by atoms with Gasteiger partial charge in [-0.05, 0) is 38.1 Å². The third-order valence-electron chi connectivity index (χ3n) is 4.22. The normalized spacial score (nSPS) is 10.8. The fourth-order valence-corrected chi connectivity index (χ4v) is 2.87. The van der Waals surface area contributed by atoms with Crippen molar-refractivity contribution in [3.8, 4) is 11.4 Å². The second-order valence-electron chi connectivity index (χ2n) is 6.22. The van der Waals surface area contributed by atoms with Gasteiger partial charge < -0.3 is 5.32 Å². The topological polar surface area (TPSA) is 64.0 Å². The summed E-state index contributed by atoms with van der Waals surface area (Å²) in [5.74, 6) is -1.91. The maximum absolute atomic E-state index is 13.8. The van der Waals surface area contributed by atoms with Gasteiger partial charge in [0.25, 0.3) is 5.56 Å². The van der Waals surface area contributed by atoms with Crippen molar-refractivity contribution >= 4 is 23.2 Å². The molecule has 0 aliphatic heterocycles. The Labute approximate surface area is 164 Å². The van der Waals surface area contributed by atoms with Crippen LogP contribution in [-0.4, -0.2) is 15.5 Å². The maximum atomic E-state index is 13.8. The molecule has 0 spiro atoms. The van der Waals surface area contributed by atoms with E-state index in [0.29, 0.717) is 21.8 Å². The van der Waals surface area contributed by atoms with Crippen molar-refractivity contribution in [2.24, 2.45) is 0 Å². The van der Waals surface area contributed by atoms with E-state index >= 15 is 0 Å². The number of carbonyl (C=O) groups excluding carboxylic acids is 1. The van der Waals surface area contributed by atoms with Crippen molar-refractivity contribution in [3.05, 3.63) is 80.7 Å². The Kier molecular flexibility index (Phi) is 5.56. The van der Waals surface area contributed by atoms with Crippen molar-refractivity contribution in [2.45, 2.75) is 20.4 Å². The summed E-state index contributed by atoms with van der Waals surface area (Å²) >= 11 is 6.03. The minimum atomic E-state index is -0.782. The van der Waals surface area contributed by atoms with E-state index in [2.05, 4.69) is 10.3 Å². The summed E-state index contributed by atoms with van der Waals surface area (Å²) in [6.07, 6.45) is 0. The van der Waals surface area contributed by atoms with Gasteiger partial charge in [-0.25, -0.2) is 13.8 Å². The first-order valence-corrected chi connectivity index (χ1v) is 8.73. The first-order valence-electron chi connectivity index (χ1n) is 8.35. The third-order valence-corrected chi connectivity index (χ3v) is 4.46. The molecule has 8 heteroatoms. The average Bonchev–Trinajstić information content (AvgIpc) is 2.65. The van der Waals surface area contributed by atoms with E-state index in [1.165, 1.54) is 4.57 Å². The van der Waals surface area contributed by atoms with Gasteiger partial charge in [0.05, 0.1) is 5.69 Å². The summed E-state index contributed by atoms with van der Waals surface area (Å²) in [6, 6.07) is 9.43. The summed E-state index contributed by atoms with van der Waals surface area (Å²) in [5, 5.41) is 2.73. The van der Waals surface area contributed by atoms with Gasteiger partial charge in [0.1, 0.15) is 24.0 Å². The van der Waals surface area contributed by atoms with Gasteiger partial charge >= 0.3 is 0 Å². The molecule has 0 fully saturated rings. The molecule has 1 aromatic heterocycles. The largest absolute Gasteiger partial charge is 0.322 e. The van der Waals surface area contributed by atoms with Gasteiger partial charge in [-0.15, -0.1) is 0 Å². The summed E-state index contributed by atoms with van der Waals surface area (Å²) in [6.45, 7) is 2.87. The number of carbonyl (C=O) groups is 1. The van der Waals surface area contributed by atoms with Crippen LogP contribution in [0.5, 0.6) is 0 Å². The molecule has 0 saturated carbocycles. The number of hydrogen-bond donors (Lipinski definition) is 1. The lowest BCUT2D eigenvalue weighted by Crippen LogP contribution is -2.32. The minimum Gasteiger partial charge on any atom is -0.322 e. The highest BCUT2D eigenvalue weighted by Crippen LogP contribution is 2.21. The Morgan fingerprint density at radius 2 is 1.93 bits per heavy atom. The molecule has 144 valence electrons. The van der Waals surface area contributed by atoms with Crippen LogP contribution in [-0.2, 0) is 11.3 Å². The lowest BCUT2D eigenvalue weighted by Gasteiger charge is -2.15. The predicted molar refractivity (Wildman–Crippen MR) is 103 cm³/mol. The number of rotatable bonds is 4. The molecule has 0 aliphatic carbocycles. The maximum Gasteiger partial charge on any atom is 0.257 e. The molecular weight excluding hydrogens is 388 g/mol. The molecule has 0 atom stereocenters. The van der Waals surface area contributed by atoms with Crippen LogP contribution in [0.3, 0.4) is 0 Å². The molecule has 0 bridgehead atoms. The van der Waals surface area contributed by atoms with Crippen molar-refractivity contribution in [1.82, 2.24) is 9.55 Å². The SMILES string of the molecule is Cc1nc(-c2cccc(Cl)c2)n(CC(=O)Nc2cc(F)ccc2F)c(=O)c1C. The van der Waals surface area contributed by atoms with Crippen LogP contribution in [0.15, 0.2) is 47.3 Å². The zero-order valence-electron chi connectivity index (χ0n) is 15.1. The molecule has 1 heterocycles. The van der Waals surface area contributed by atoms with Gasteiger partial charge in [-0.2, -0.15) is 0 Å². The minimum absolute atomic E-state index is 0.255. The molecule has 0 radical (unpaired) electrons. The van der Waals surface area contributed by atoms with Crippen molar-refractivity contribution in [2.75, 3.05) is 5.32 Å². The van der Waals surface area contributed by atoms with Crippen LogP contribution in [0.4, 0.5) is 14.5 Å². The Bertz CT molecular complexity index is 1130. The summed E-state index contributed by atoms with van der Waals surface area (Å²) in [5.41, 5.74) is 0.747. The van der Waals surface area contributed by atoms with E-state index in [9.17, 15) is 18.4 Å². The standard InChI is InChI=1S/C20H16ClF2N3O2/c1-11-12(2)24-19(13-4-3-5-14(21)8-13)26(20(11)28)10-18(27)25-17-9-15(22)6-7-16(17)23/h3-9H,10H2,1-2H3,(H,25,27). The highest BCUT2D eigenvalue weighted by Gasteiger charge is 2.17. The van der Waals surface area contributed by atoms with E-state index in [4.69, 9.17) is 11.6 Å². The molecular formula is C20H16ClF2N3O2.